The number of halogens is 2. The van der Waals surface area contributed by atoms with Gasteiger partial charge in [-0.05, 0) is 25.0 Å². The van der Waals surface area contributed by atoms with Crippen molar-refractivity contribution in [3.63, 3.8) is 0 Å². The molecule has 0 aliphatic carbocycles. The minimum atomic E-state index is 0.358. The molecule has 0 aliphatic heterocycles. The maximum absolute atomic E-state index is 11.4. The lowest BCUT2D eigenvalue weighted by atomic mass is 10.0. The Hall–Kier alpha value is -1.91. The van der Waals surface area contributed by atoms with Crippen LogP contribution in [-0.4, -0.2) is 27.6 Å². The minimum absolute atomic E-state index is 0.358. The molecule has 0 unspecified atom stereocenters. The van der Waals surface area contributed by atoms with Gasteiger partial charge in [0.25, 0.3) is 0 Å². The molecule has 1 N–H and O–H groups in total. The first-order valence-corrected chi connectivity index (χ1v) is 8.56. The van der Waals surface area contributed by atoms with Crippen molar-refractivity contribution in [2.24, 2.45) is 0 Å². The van der Waals surface area contributed by atoms with Gasteiger partial charge in [-0.25, -0.2) is 0 Å². The van der Waals surface area contributed by atoms with E-state index in [2.05, 4.69) is 5.32 Å². The van der Waals surface area contributed by atoms with E-state index in [9.17, 15) is 4.79 Å². The molecule has 0 heterocycles. The maximum atomic E-state index is 11.4. The van der Waals surface area contributed by atoms with Crippen LogP contribution in [0.5, 0.6) is 11.5 Å². The molecule has 0 radical (unpaired) electrons. The highest BCUT2D eigenvalue weighted by atomic mass is 35.5. The summed E-state index contributed by atoms with van der Waals surface area (Å²) in [6.07, 6.45) is 7.12. The molecule has 0 spiro atoms. The van der Waals surface area contributed by atoms with E-state index in [1.165, 1.54) is 14.2 Å². The van der Waals surface area contributed by atoms with Crippen LogP contribution < -0.4 is 14.8 Å². The number of aldehydes is 1. The Balaban J connectivity index is 3.65. The number of carbonyl (C=O) groups is 1. The fourth-order valence-electron chi connectivity index (χ4n) is 2.33. The SMILES string of the molecule is C/C=C(/C=C(\NC)c1c(Cl)c(OC)cc(OC)c1Cl)C(\C=O)=C/CC. The Labute approximate surface area is 159 Å². The molecule has 0 bridgehead atoms. The monoisotopic (exact) mass is 383 g/mol. The lowest BCUT2D eigenvalue weighted by Gasteiger charge is -2.17. The molecule has 1 aromatic rings. The van der Waals surface area contributed by atoms with Gasteiger partial charge in [0.1, 0.15) is 17.8 Å². The van der Waals surface area contributed by atoms with Crippen molar-refractivity contribution in [2.75, 3.05) is 21.3 Å². The molecule has 136 valence electrons. The number of ether oxygens (including phenoxy) is 2. The van der Waals surface area contributed by atoms with Gasteiger partial charge in [-0.2, -0.15) is 0 Å². The summed E-state index contributed by atoms with van der Waals surface area (Å²) in [4.78, 5) is 11.4. The van der Waals surface area contributed by atoms with Crippen LogP contribution in [0.25, 0.3) is 5.70 Å². The third-order valence-corrected chi connectivity index (χ3v) is 4.36. The topological polar surface area (TPSA) is 47.6 Å². The summed E-state index contributed by atoms with van der Waals surface area (Å²) in [7, 11) is 4.79. The van der Waals surface area contributed by atoms with E-state index in [1.54, 1.807) is 13.1 Å². The van der Waals surface area contributed by atoms with Crippen molar-refractivity contribution in [3.8, 4) is 11.5 Å². The van der Waals surface area contributed by atoms with E-state index in [1.807, 2.05) is 32.1 Å². The molecule has 0 saturated heterocycles. The summed E-state index contributed by atoms with van der Waals surface area (Å²) in [6.45, 7) is 3.83. The zero-order valence-electron chi connectivity index (χ0n) is 15.1. The highest BCUT2D eigenvalue weighted by Gasteiger charge is 2.20. The Morgan fingerprint density at radius 2 is 1.72 bits per heavy atom. The van der Waals surface area contributed by atoms with Gasteiger partial charge in [-0.1, -0.05) is 42.3 Å². The van der Waals surface area contributed by atoms with Gasteiger partial charge < -0.3 is 14.8 Å². The van der Waals surface area contributed by atoms with Crippen LogP contribution in [-0.2, 0) is 4.79 Å². The van der Waals surface area contributed by atoms with Crippen LogP contribution in [0.2, 0.25) is 10.0 Å². The van der Waals surface area contributed by atoms with E-state index < -0.39 is 0 Å². The van der Waals surface area contributed by atoms with E-state index in [0.717, 1.165) is 18.3 Å². The average molecular weight is 384 g/mol. The predicted octanol–water partition coefficient (Wildman–Crippen LogP) is 5.05. The third-order valence-electron chi connectivity index (χ3n) is 3.61. The van der Waals surface area contributed by atoms with Gasteiger partial charge in [0, 0.05) is 29.9 Å². The Kier molecular flexibility index (Phi) is 8.59. The number of allylic oxidation sites excluding steroid dienone is 5. The van der Waals surface area contributed by atoms with Gasteiger partial charge in [-0.15, -0.1) is 0 Å². The van der Waals surface area contributed by atoms with Crippen molar-refractivity contribution in [1.29, 1.82) is 0 Å². The molecule has 4 nitrogen and oxygen atoms in total. The van der Waals surface area contributed by atoms with Crippen LogP contribution in [0.15, 0.2) is 35.4 Å². The molecular formula is C19H23Cl2NO3. The van der Waals surface area contributed by atoms with Crippen LogP contribution in [0.3, 0.4) is 0 Å². The smallest absolute Gasteiger partial charge is 0.150 e. The van der Waals surface area contributed by atoms with Crippen molar-refractivity contribution >= 4 is 35.2 Å². The van der Waals surface area contributed by atoms with Crippen LogP contribution in [0.4, 0.5) is 0 Å². The number of benzene rings is 1. The van der Waals surface area contributed by atoms with Gasteiger partial charge in [0.15, 0.2) is 0 Å². The molecule has 25 heavy (non-hydrogen) atoms. The quantitative estimate of drug-likeness (QED) is 0.387. The number of hydrogen-bond acceptors (Lipinski definition) is 4. The molecule has 0 saturated carbocycles. The molecular weight excluding hydrogens is 361 g/mol. The second-order valence-corrected chi connectivity index (χ2v) is 5.78. The van der Waals surface area contributed by atoms with Crippen molar-refractivity contribution in [2.45, 2.75) is 20.3 Å². The Morgan fingerprint density at radius 1 is 1.16 bits per heavy atom. The molecule has 0 aromatic heterocycles. The van der Waals surface area contributed by atoms with Gasteiger partial charge >= 0.3 is 0 Å². The number of hydrogen-bond donors (Lipinski definition) is 1. The minimum Gasteiger partial charge on any atom is -0.495 e. The summed E-state index contributed by atoms with van der Waals surface area (Å²) < 4.78 is 10.6. The fourth-order valence-corrected chi connectivity index (χ4v) is 3.04. The van der Waals surface area contributed by atoms with Crippen molar-refractivity contribution in [3.05, 3.63) is 51.0 Å². The predicted molar refractivity (Wildman–Crippen MR) is 105 cm³/mol. The van der Waals surface area contributed by atoms with E-state index in [0.29, 0.717) is 38.4 Å². The number of nitrogens with one attached hydrogen (secondary N) is 1. The standard InChI is InChI=1S/C19H23Cl2NO3/c1-6-8-13(11-23)12(7-2)9-14(22-3)17-18(20)15(24-4)10-16(25-5)19(17)21/h7-11,22H,6H2,1-5H3/b12-7-,13-8-,14-9-. The van der Waals surface area contributed by atoms with E-state index in [4.69, 9.17) is 32.7 Å². The molecule has 0 fully saturated rings. The number of carbonyl (C=O) groups excluding carboxylic acids is 1. The molecule has 1 aromatic carbocycles. The first kappa shape index (κ1) is 21.1. The van der Waals surface area contributed by atoms with Crippen molar-refractivity contribution < 1.29 is 14.3 Å². The Bertz CT molecular complexity index is 694. The zero-order chi connectivity index (χ0) is 19.0. The highest BCUT2D eigenvalue weighted by molar-refractivity contribution is 6.39. The summed E-state index contributed by atoms with van der Waals surface area (Å²) in [5, 5.41) is 3.80. The molecule has 0 amide bonds. The van der Waals surface area contributed by atoms with E-state index >= 15 is 0 Å². The third kappa shape index (κ3) is 4.80. The Morgan fingerprint density at radius 3 is 2.08 bits per heavy atom. The first-order chi connectivity index (χ1) is 12.0. The normalized spacial score (nSPS) is 12.8. The van der Waals surface area contributed by atoms with E-state index in [-0.39, 0.29) is 0 Å². The maximum Gasteiger partial charge on any atom is 0.150 e. The fraction of sp³-hybridized carbons (Fsp3) is 0.316. The van der Waals surface area contributed by atoms with Gasteiger partial charge in [0.2, 0.25) is 0 Å². The van der Waals surface area contributed by atoms with Gasteiger partial charge in [-0.3, -0.25) is 4.79 Å². The largest absolute Gasteiger partial charge is 0.495 e. The number of methoxy groups -OCH3 is 2. The zero-order valence-corrected chi connectivity index (χ0v) is 16.6. The summed E-state index contributed by atoms with van der Waals surface area (Å²) in [5.74, 6) is 0.890. The number of rotatable bonds is 8. The lowest BCUT2D eigenvalue weighted by Crippen LogP contribution is -2.08. The lowest BCUT2D eigenvalue weighted by molar-refractivity contribution is -0.104. The summed E-state index contributed by atoms with van der Waals surface area (Å²) in [6, 6.07) is 1.63. The molecule has 1 rings (SSSR count). The first-order valence-electron chi connectivity index (χ1n) is 7.80. The van der Waals surface area contributed by atoms with Crippen molar-refractivity contribution in [1.82, 2.24) is 5.32 Å². The van der Waals surface area contributed by atoms with Crippen LogP contribution >= 0.6 is 23.2 Å². The second-order valence-electron chi connectivity index (χ2n) is 5.02. The molecule has 0 aliphatic rings. The molecule has 0 atom stereocenters. The summed E-state index contributed by atoms with van der Waals surface area (Å²) >= 11 is 12.9. The van der Waals surface area contributed by atoms with Crippen LogP contribution in [0.1, 0.15) is 25.8 Å². The summed E-state index contributed by atoms with van der Waals surface area (Å²) in [5.41, 5.74) is 2.54. The average Bonchev–Trinajstić information content (AvgIpc) is 2.63. The molecule has 6 heteroatoms. The second kappa shape index (κ2) is 10.2. The van der Waals surface area contributed by atoms with Crippen LogP contribution in [0, 0.1) is 0 Å². The highest BCUT2D eigenvalue weighted by Crippen LogP contribution is 2.43. The van der Waals surface area contributed by atoms with Gasteiger partial charge in [0.05, 0.1) is 24.3 Å².